The van der Waals surface area contributed by atoms with Gasteiger partial charge in [-0.15, -0.1) is 0 Å². The lowest BCUT2D eigenvalue weighted by Crippen LogP contribution is -2.59. The monoisotopic (exact) mass is 183 g/mol. The second-order valence-corrected chi connectivity index (χ2v) is 4.88. The Labute approximate surface area is 83.3 Å². The summed E-state index contributed by atoms with van der Waals surface area (Å²) < 4.78 is 0. The summed E-state index contributed by atoms with van der Waals surface area (Å²) in [5.74, 6) is 0. The van der Waals surface area contributed by atoms with Crippen LogP contribution in [0.1, 0.15) is 66.2 Å². The van der Waals surface area contributed by atoms with Crippen LogP contribution in [-0.2, 0) is 0 Å². The van der Waals surface area contributed by atoms with Crippen molar-refractivity contribution >= 4 is 0 Å². The third kappa shape index (κ3) is 2.25. The maximum absolute atomic E-state index is 3.89. The molecule has 1 nitrogen and oxygen atoms in total. The Balaban J connectivity index is 2.69. The summed E-state index contributed by atoms with van der Waals surface area (Å²) in [4.78, 5) is 0. The zero-order chi connectivity index (χ0) is 9.95. The zero-order valence-corrected chi connectivity index (χ0v) is 9.74. The molecular weight excluding hydrogens is 158 g/mol. The minimum Gasteiger partial charge on any atom is -0.306 e. The van der Waals surface area contributed by atoms with Crippen LogP contribution in [0, 0.1) is 0 Å². The van der Waals surface area contributed by atoms with E-state index in [0.717, 1.165) is 0 Å². The Morgan fingerprint density at radius 2 is 1.62 bits per heavy atom. The van der Waals surface area contributed by atoms with Crippen molar-refractivity contribution in [3.05, 3.63) is 0 Å². The summed E-state index contributed by atoms with van der Waals surface area (Å²) >= 11 is 0. The van der Waals surface area contributed by atoms with Crippen LogP contribution >= 0.6 is 0 Å². The molecule has 0 aromatic rings. The molecule has 0 radical (unpaired) electrons. The molecule has 1 heterocycles. The maximum atomic E-state index is 3.89. The first kappa shape index (κ1) is 11.0. The Morgan fingerprint density at radius 1 is 1.00 bits per heavy atom. The molecule has 1 heteroatoms. The molecule has 1 atom stereocenters. The first-order chi connectivity index (χ1) is 6.10. The zero-order valence-electron chi connectivity index (χ0n) is 9.74. The van der Waals surface area contributed by atoms with Crippen LogP contribution in [0.25, 0.3) is 0 Å². The number of rotatable bonds is 3. The highest BCUT2D eigenvalue weighted by Gasteiger charge is 2.37. The normalized spacial score (nSPS) is 33.2. The van der Waals surface area contributed by atoms with E-state index in [-0.39, 0.29) is 0 Å². The van der Waals surface area contributed by atoms with Crippen LogP contribution in [0.2, 0.25) is 0 Å². The van der Waals surface area contributed by atoms with E-state index in [1.807, 2.05) is 0 Å². The van der Waals surface area contributed by atoms with Crippen molar-refractivity contribution in [2.24, 2.45) is 0 Å². The van der Waals surface area contributed by atoms with Gasteiger partial charge in [-0.1, -0.05) is 20.8 Å². The van der Waals surface area contributed by atoms with E-state index in [0.29, 0.717) is 11.1 Å². The van der Waals surface area contributed by atoms with Crippen LogP contribution < -0.4 is 5.32 Å². The third-order valence-electron chi connectivity index (χ3n) is 4.08. The van der Waals surface area contributed by atoms with Gasteiger partial charge >= 0.3 is 0 Å². The van der Waals surface area contributed by atoms with Crippen molar-refractivity contribution in [3.8, 4) is 0 Å². The molecule has 1 aliphatic rings. The summed E-state index contributed by atoms with van der Waals surface area (Å²) in [6.07, 6.45) is 7.94. The average Bonchev–Trinajstić information content (AvgIpc) is 2.18. The SMILES string of the molecule is CCC1(C)CCCC(CC)(CC)N1. The minimum atomic E-state index is 0.407. The minimum absolute atomic E-state index is 0.407. The Morgan fingerprint density at radius 3 is 2.08 bits per heavy atom. The van der Waals surface area contributed by atoms with Gasteiger partial charge in [0.25, 0.3) is 0 Å². The van der Waals surface area contributed by atoms with Gasteiger partial charge in [-0.2, -0.15) is 0 Å². The van der Waals surface area contributed by atoms with E-state index >= 15 is 0 Å². The highest BCUT2D eigenvalue weighted by Crippen LogP contribution is 2.34. The molecule has 1 fully saturated rings. The third-order valence-corrected chi connectivity index (χ3v) is 4.08. The Bertz CT molecular complexity index is 161. The van der Waals surface area contributed by atoms with Crippen LogP contribution in [0.15, 0.2) is 0 Å². The van der Waals surface area contributed by atoms with Crippen molar-refractivity contribution < 1.29 is 0 Å². The number of hydrogen-bond donors (Lipinski definition) is 1. The number of piperidine rings is 1. The summed E-state index contributed by atoms with van der Waals surface area (Å²) in [7, 11) is 0. The van der Waals surface area contributed by atoms with E-state index in [1.165, 1.54) is 38.5 Å². The topological polar surface area (TPSA) is 12.0 Å². The van der Waals surface area contributed by atoms with Crippen LogP contribution in [0.4, 0.5) is 0 Å². The van der Waals surface area contributed by atoms with Gasteiger partial charge in [-0.3, -0.25) is 0 Å². The van der Waals surface area contributed by atoms with Gasteiger partial charge in [0.2, 0.25) is 0 Å². The van der Waals surface area contributed by atoms with Crippen LogP contribution in [-0.4, -0.2) is 11.1 Å². The molecule has 0 aromatic heterocycles. The highest BCUT2D eigenvalue weighted by atomic mass is 15.1. The molecule has 0 aromatic carbocycles. The molecular formula is C12H25N. The molecule has 0 aliphatic carbocycles. The molecule has 1 saturated heterocycles. The van der Waals surface area contributed by atoms with Crippen LogP contribution in [0.3, 0.4) is 0 Å². The van der Waals surface area contributed by atoms with Gasteiger partial charge in [0.1, 0.15) is 0 Å². The lowest BCUT2D eigenvalue weighted by Gasteiger charge is -2.47. The molecule has 0 amide bonds. The fraction of sp³-hybridized carbons (Fsp3) is 1.00. The number of hydrogen-bond acceptors (Lipinski definition) is 1. The summed E-state index contributed by atoms with van der Waals surface area (Å²) in [6, 6.07) is 0. The average molecular weight is 183 g/mol. The summed E-state index contributed by atoms with van der Waals surface area (Å²) in [5.41, 5.74) is 0.854. The quantitative estimate of drug-likeness (QED) is 0.706. The van der Waals surface area contributed by atoms with Gasteiger partial charge in [-0.05, 0) is 45.4 Å². The lowest BCUT2D eigenvalue weighted by molar-refractivity contribution is 0.127. The molecule has 0 bridgehead atoms. The van der Waals surface area contributed by atoms with Gasteiger partial charge in [-0.25, -0.2) is 0 Å². The summed E-state index contributed by atoms with van der Waals surface area (Å²) in [6.45, 7) is 9.32. The van der Waals surface area contributed by atoms with Gasteiger partial charge in [0, 0.05) is 11.1 Å². The van der Waals surface area contributed by atoms with Gasteiger partial charge in [0.05, 0.1) is 0 Å². The molecule has 1 rings (SSSR count). The Hall–Kier alpha value is -0.0400. The molecule has 1 N–H and O–H groups in total. The second kappa shape index (κ2) is 4.00. The van der Waals surface area contributed by atoms with E-state index in [9.17, 15) is 0 Å². The maximum Gasteiger partial charge on any atom is 0.0181 e. The van der Waals surface area contributed by atoms with Crippen molar-refractivity contribution in [1.29, 1.82) is 0 Å². The van der Waals surface area contributed by atoms with Crippen LogP contribution in [0.5, 0.6) is 0 Å². The van der Waals surface area contributed by atoms with Crippen molar-refractivity contribution in [1.82, 2.24) is 5.32 Å². The smallest absolute Gasteiger partial charge is 0.0181 e. The lowest BCUT2D eigenvalue weighted by atomic mass is 9.76. The molecule has 0 spiro atoms. The summed E-state index contributed by atoms with van der Waals surface area (Å²) in [5, 5.41) is 3.89. The predicted molar refractivity (Wildman–Crippen MR) is 59.0 cm³/mol. The fourth-order valence-electron chi connectivity index (χ4n) is 2.63. The fourth-order valence-corrected chi connectivity index (χ4v) is 2.63. The molecule has 1 aliphatic heterocycles. The predicted octanol–water partition coefficient (Wildman–Crippen LogP) is 3.49. The highest BCUT2D eigenvalue weighted by molar-refractivity contribution is 4.98. The first-order valence-electron chi connectivity index (χ1n) is 5.89. The van der Waals surface area contributed by atoms with E-state index in [2.05, 4.69) is 33.0 Å². The van der Waals surface area contributed by atoms with Gasteiger partial charge in [0.15, 0.2) is 0 Å². The first-order valence-corrected chi connectivity index (χ1v) is 5.89. The number of nitrogens with one attached hydrogen (secondary N) is 1. The van der Waals surface area contributed by atoms with Crippen molar-refractivity contribution in [2.75, 3.05) is 0 Å². The standard InChI is InChI=1S/C12H25N/c1-5-11(4)9-8-10-12(6-2,7-3)13-11/h13H,5-10H2,1-4H3. The second-order valence-electron chi connectivity index (χ2n) is 4.88. The van der Waals surface area contributed by atoms with Crippen molar-refractivity contribution in [3.63, 3.8) is 0 Å². The van der Waals surface area contributed by atoms with Crippen molar-refractivity contribution in [2.45, 2.75) is 77.3 Å². The Kier molecular flexibility index (Phi) is 3.39. The van der Waals surface area contributed by atoms with Gasteiger partial charge < -0.3 is 5.32 Å². The largest absolute Gasteiger partial charge is 0.306 e. The molecule has 0 saturated carbocycles. The molecule has 1 unspecified atom stereocenters. The molecule has 13 heavy (non-hydrogen) atoms. The van der Waals surface area contributed by atoms with E-state index in [1.54, 1.807) is 0 Å². The molecule has 78 valence electrons. The van der Waals surface area contributed by atoms with E-state index in [4.69, 9.17) is 0 Å². The van der Waals surface area contributed by atoms with E-state index < -0.39 is 0 Å².